The number of hydrogen-bond acceptors (Lipinski definition) is 0. The average Bonchev–Trinajstić information content (AvgIpc) is 1.78. The van der Waals surface area contributed by atoms with Crippen molar-refractivity contribution >= 4 is 15.9 Å². The van der Waals surface area contributed by atoms with Gasteiger partial charge in [-0.2, -0.15) is 0 Å². The molecule has 1 heteroatoms. The highest BCUT2D eigenvalue weighted by molar-refractivity contribution is 9.10. The van der Waals surface area contributed by atoms with Crippen molar-refractivity contribution in [2.75, 3.05) is 0 Å². The van der Waals surface area contributed by atoms with Crippen LogP contribution in [-0.2, 0) is 6.42 Å². The van der Waals surface area contributed by atoms with Crippen molar-refractivity contribution in [3.05, 3.63) is 33.8 Å². The first-order chi connectivity index (χ1) is 5.87. The highest BCUT2D eigenvalue weighted by Gasteiger charge is 2.11. The van der Waals surface area contributed by atoms with Gasteiger partial charge in [0, 0.05) is 4.47 Å². The molecule has 0 spiro atoms. The van der Waals surface area contributed by atoms with E-state index in [2.05, 4.69) is 61.8 Å². The van der Waals surface area contributed by atoms with E-state index >= 15 is 0 Å². The minimum atomic E-state index is 0.368. The van der Waals surface area contributed by atoms with Gasteiger partial charge in [0.25, 0.3) is 0 Å². The molecule has 0 unspecified atom stereocenters. The van der Waals surface area contributed by atoms with E-state index < -0.39 is 0 Å². The Balaban J connectivity index is 2.90. The molecule has 0 radical (unpaired) electrons. The van der Waals surface area contributed by atoms with Gasteiger partial charge in [0.15, 0.2) is 0 Å². The standard InChI is InChI=1S/C12H17Br/c1-9-5-10(7-11(13)6-9)8-12(2,3)4/h5-7H,8H2,1-4H3. The number of hydrogen-bond donors (Lipinski definition) is 0. The summed E-state index contributed by atoms with van der Waals surface area (Å²) >= 11 is 3.52. The van der Waals surface area contributed by atoms with Crippen LogP contribution < -0.4 is 0 Å². The summed E-state index contributed by atoms with van der Waals surface area (Å²) in [5, 5.41) is 0. The van der Waals surface area contributed by atoms with Gasteiger partial charge in [0.1, 0.15) is 0 Å². The summed E-state index contributed by atoms with van der Waals surface area (Å²) in [5.41, 5.74) is 3.11. The summed E-state index contributed by atoms with van der Waals surface area (Å²) in [7, 11) is 0. The van der Waals surface area contributed by atoms with Crippen molar-refractivity contribution in [3.63, 3.8) is 0 Å². The van der Waals surface area contributed by atoms with E-state index in [4.69, 9.17) is 0 Å². The number of rotatable bonds is 1. The van der Waals surface area contributed by atoms with Crippen molar-refractivity contribution in [1.82, 2.24) is 0 Å². The van der Waals surface area contributed by atoms with Crippen molar-refractivity contribution in [1.29, 1.82) is 0 Å². The quantitative estimate of drug-likeness (QED) is 0.685. The lowest BCUT2D eigenvalue weighted by Gasteiger charge is -2.18. The van der Waals surface area contributed by atoms with Crippen molar-refractivity contribution in [2.24, 2.45) is 5.41 Å². The van der Waals surface area contributed by atoms with E-state index in [1.54, 1.807) is 0 Å². The lowest BCUT2D eigenvalue weighted by molar-refractivity contribution is 0.411. The molecular weight excluding hydrogens is 224 g/mol. The number of halogens is 1. The third-order valence-electron chi connectivity index (χ3n) is 1.84. The molecule has 0 aromatic heterocycles. The third-order valence-corrected chi connectivity index (χ3v) is 2.29. The van der Waals surface area contributed by atoms with Crippen LogP contribution in [0.1, 0.15) is 31.9 Å². The molecular formula is C12H17Br. The SMILES string of the molecule is Cc1cc(Br)cc(CC(C)(C)C)c1. The maximum atomic E-state index is 3.52. The number of aryl methyl sites for hydroxylation is 1. The van der Waals surface area contributed by atoms with Crippen LogP contribution >= 0.6 is 15.9 Å². The highest BCUT2D eigenvalue weighted by atomic mass is 79.9. The van der Waals surface area contributed by atoms with Gasteiger partial charge in [-0.05, 0) is 42.0 Å². The Hall–Kier alpha value is -0.300. The minimum Gasteiger partial charge on any atom is -0.0599 e. The summed E-state index contributed by atoms with van der Waals surface area (Å²) < 4.78 is 1.19. The molecule has 1 rings (SSSR count). The molecule has 0 saturated carbocycles. The Morgan fingerprint density at radius 3 is 2.23 bits per heavy atom. The lowest BCUT2D eigenvalue weighted by atomic mass is 9.88. The molecule has 0 atom stereocenters. The first-order valence-electron chi connectivity index (χ1n) is 4.63. The van der Waals surface area contributed by atoms with Crippen LogP contribution in [0.5, 0.6) is 0 Å². The molecule has 1 aromatic carbocycles. The van der Waals surface area contributed by atoms with Crippen LogP contribution in [0.2, 0.25) is 0 Å². The molecule has 0 bridgehead atoms. The lowest BCUT2D eigenvalue weighted by Crippen LogP contribution is -2.09. The normalized spacial score (nSPS) is 11.8. The fraction of sp³-hybridized carbons (Fsp3) is 0.500. The van der Waals surface area contributed by atoms with Gasteiger partial charge >= 0.3 is 0 Å². The Bertz CT molecular complexity index is 274. The van der Waals surface area contributed by atoms with Gasteiger partial charge in [-0.3, -0.25) is 0 Å². The van der Waals surface area contributed by atoms with Crippen molar-refractivity contribution in [2.45, 2.75) is 34.1 Å². The molecule has 0 aliphatic carbocycles. The van der Waals surface area contributed by atoms with Gasteiger partial charge in [-0.1, -0.05) is 42.8 Å². The van der Waals surface area contributed by atoms with Crippen LogP contribution in [0.15, 0.2) is 22.7 Å². The molecule has 0 heterocycles. The summed E-state index contributed by atoms with van der Waals surface area (Å²) in [5.74, 6) is 0. The van der Waals surface area contributed by atoms with E-state index in [-0.39, 0.29) is 0 Å². The molecule has 72 valence electrons. The van der Waals surface area contributed by atoms with Crippen molar-refractivity contribution in [3.8, 4) is 0 Å². The van der Waals surface area contributed by atoms with Gasteiger partial charge in [0.05, 0.1) is 0 Å². The van der Waals surface area contributed by atoms with Gasteiger partial charge < -0.3 is 0 Å². The zero-order valence-corrected chi connectivity index (χ0v) is 10.4. The first kappa shape index (κ1) is 10.8. The van der Waals surface area contributed by atoms with Crippen LogP contribution in [0.4, 0.5) is 0 Å². The van der Waals surface area contributed by atoms with E-state index in [9.17, 15) is 0 Å². The van der Waals surface area contributed by atoms with E-state index in [0.29, 0.717) is 5.41 Å². The molecule has 0 nitrogen and oxygen atoms in total. The molecule has 1 aromatic rings. The topological polar surface area (TPSA) is 0 Å². The van der Waals surface area contributed by atoms with E-state index in [1.807, 2.05) is 0 Å². The maximum Gasteiger partial charge on any atom is 0.0180 e. The summed E-state index contributed by atoms with van der Waals surface area (Å²) in [6.07, 6.45) is 1.13. The first-order valence-corrected chi connectivity index (χ1v) is 5.42. The predicted molar refractivity (Wildman–Crippen MR) is 62.0 cm³/mol. The molecule has 0 aliphatic heterocycles. The largest absolute Gasteiger partial charge is 0.0599 e. The van der Waals surface area contributed by atoms with Crippen LogP contribution in [0.3, 0.4) is 0 Å². The second-order valence-corrected chi connectivity index (χ2v) is 5.79. The maximum absolute atomic E-state index is 3.52. The average molecular weight is 241 g/mol. The molecule has 13 heavy (non-hydrogen) atoms. The molecule has 0 amide bonds. The van der Waals surface area contributed by atoms with Crippen LogP contribution in [0.25, 0.3) is 0 Å². The van der Waals surface area contributed by atoms with E-state index in [0.717, 1.165) is 6.42 Å². The zero-order valence-electron chi connectivity index (χ0n) is 8.82. The Kier molecular flexibility index (Phi) is 3.18. The third kappa shape index (κ3) is 3.95. The molecule has 0 aliphatic rings. The molecule has 0 saturated heterocycles. The fourth-order valence-corrected chi connectivity index (χ4v) is 2.18. The highest BCUT2D eigenvalue weighted by Crippen LogP contribution is 2.23. The van der Waals surface area contributed by atoms with E-state index in [1.165, 1.54) is 15.6 Å². The Morgan fingerprint density at radius 2 is 1.77 bits per heavy atom. The van der Waals surface area contributed by atoms with Gasteiger partial charge in [-0.25, -0.2) is 0 Å². The summed E-state index contributed by atoms with van der Waals surface area (Å²) in [6.45, 7) is 8.94. The summed E-state index contributed by atoms with van der Waals surface area (Å²) in [4.78, 5) is 0. The van der Waals surface area contributed by atoms with Crippen LogP contribution in [0, 0.1) is 12.3 Å². The summed E-state index contributed by atoms with van der Waals surface area (Å²) in [6, 6.07) is 6.61. The Labute approximate surface area is 89.5 Å². The van der Waals surface area contributed by atoms with Gasteiger partial charge in [0.2, 0.25) is 0 Å². The second-order valence-electron chi connectivity index (χ2n) is 4.87. The van der Waals surface area contributed by atoms with Gasteiger partial charge in [-0.15, -0.1) is 0 Å². The number of benzene rings is 1. The second kappa shape index (κ2) is 3.83. The molecule has 0 N–H and O–H groups in total. The fourth-order valence-electron chi connectivity index (χ4n) is 1.53. The Morgan fingerprint density at radius 1 is 1.15 bits per heavy atom. The van der Waals surface area contributed by atoms with Crippen LogP contribution in [-0.4, -0.2) is 0 Å². The monoisotopic (exact) mass is 240 g/mol. The molecule has 0 fully saturated rings. The minimum absolute atomic E-state index is 0.368. The van der Waals surface area contributed by atoms with Crippen molar-refractivity contribution < 1.29 is 0 Å². The predicted octanol–water partition coefficient (Wildman–Crippen LogP) is 4.35. The smallest absolute Gasteiger partial charge is 0.0180 e. The zero-order chi connectivity index (χ0) is 10.1.